The first kappa shape index (κ1) is 13.9. The van der Waals surface area contributed by atoms with Crippen molar-refractivity contribution in [3.63, 3.8) is 0 Å². The molecule has 0 saturated carbocycles. The number of nitrogens with zero attached hydrogens (tertiary/aromatic N) is 1. The van der Waals surface area contributed by atoms with E-state index < -0.39 is 11.6 Å². The summed E-state index contributed by atoms with van der Waals surface area (Å²) in [6, 6.07) is 2.68. The second-order valence-corrected chi connectivity index (χ2v) is 5.98. The van der Waals surface area contributed by atoms with Gasteiger partial charge in [0.05, 0.1) is 0 Å². The Bertz CT molecular complexity index is 678. The van der Waals surface area contributed by atoms with Crippen molar-refractivity contribution in [1.82, 2.24) is 9.55 Å². The number of H-pyrrole nitrogens is 1. The molecule has 0 aliphatic heterocycles. The molecule has 2 aromatic rings. The summed E-state index contributed by atoms with van der Waals surface area (Å²) in [7, 11) is 0. The van der Waals surface area contributed by atoms with Crippen LogP contribution in [0.3, 0.4) is 0 Å². The fourth-order valence-electron chi connectivity index (χ4n) is 1.99. The van der Waals surface area contributed by atoms with Crippen molar-refractivity contribution >= 4 is 12.2 Å². The van der Waals surface area contributed by atoms with Crippen LogP contribution in [0, 0.1) is 23.3 Å². The van der Waals surface area contributed by atoms with E-state index in [1.54, 1.807) is 13.1 Å². The molecule has 1 heterocycles. The monoisotopic (exact) mass is 282 g/mol. The maximum absolute atomic E-state index is 14.3. The Kier molecular flexibility index (Phi) is 3.34. The van der Waals surface area contributed by atoms with Crippen LogP contribution in [-0.2, 0) is 5.41 Å². The summed E-state index contributed by atoms with van der Waals surface area (Å²) in [4.78, 5) is 2.86. The van der Waals surface area contributed by atoms with Crippen LogP contribution in [0.5, 0.6) is 0 Å². The van der Waals surface area contributed by atoms with Crippen LogP contribution in [0.15, 0.2) is 18.3 Å². The average Bonchev–Trinajstić information content (AvgIpc) is 2.67. The van der Waals surface area contributed by atoms with E-state index in [1.807, 2.05) is 20.8 Å². The predicted octanol–water partition coefficient (Wildman–Crippen LogP) is 4.42. The number of hydrogen-bond acceptors (Lipinski definition) is 1. The second-order valence-electron chi connectivity index (χ2n) is 5.59. The van der Waals surface area contributed by atoms with Gasteiger partial charge in [-0.15, -0.1) is 0 Å². The van der Waals surface area contributed by atoms with E-state index in [9.17, 15) is 8.78 Å². The summed E-state index contributed by atoms with van der Waals surface area (Å²) in [5, 5.41) is 0. The minimum Gasteiger partial charge on any atom is -0.337 e. The Morgan fingerprint density at radius 1 is 1.21 bits per heavy atom. The highest BCUT2D eigenvalue weighted by Gasteiger charge is 2.24. The average molecular weight is 282 g/mol. The Morgan fingerprint density at radius 3 is 2.42 bits per heavy atom. The van der Waals surface area contributed by atoms with Crippen molar-refractivity contribution in [2.45, 2.75) is 33.1 Å². The predicted molar refractivity (Wildman–Crippen MR) is 74.3 cm³/mol. The highest BCUT2D eigenvalue weighted by Crippen LogP contribution is 2.29. The van der Waals surface area contributed by atoms with Crippen LogP contribution < -0.4 is 0 Å². The molecule has 0 saturated heterocycles. The molecule has 0 unspecified atom stereocenters. The third-order valence-electron chi connectivity index (χ3n) is 3.03. The summed E-state index contributed by atoms with van der Waals surface area (Å²) in [6.07, 6.45) is 1.70. The van der Waals surface area contributed by atoms with Crippen molar-refractivity contribution in [3.05, 3.63) is 46.0 Å². The van der Waals surface area contributed by atoms with Gasteiger partial charge in [-0.2, -0.15) is 0 Å². The fourth-order valence-corrected chi connectivity index (χ4v) is 2.24. The molecule has 102 valence electrons. The third kappa shape index (κ3) is 2.34. The van der Waals surface area contributed by atoms with Crippen LogP contribution in [0.4, 0.5) is 8.78 Å². The Morgan fingerprint density at radius 2 is 1.84 bits per heavy atom. The molecule has 5 heteroatoms. The van der Waals surface area contributed by atoms with E-state index in [4.69, 9.17) is 12.2 Å². The van der Waals surface area contributed by atoms with E-state index in [0.717, 1.165) is 5.69 Å². The number of rotatable bonds is 1. The van der Waals surface area contributed by atoms with Crippen molar-refractivity contribution in [1.29, 1.82) is 0 Å². The maximum atomic E-state index is 14.3. The topological polar surface area (TPSA) is 20.7 Å². The van der Waals surface area contributed by atoms with E-state index >= 15 is 0 Å². The molecule has 1 aromatic carbocycles. The molecule has 1 N–H and O–H groups in total. The maximum Gasteiger partial charge on any atom is 0.182 e. The molecule has 1 aromatic heterocycles. The number of hydrogen-bond donors (Lipinski definition) is 1. The van der Waals surface area contributed by atoms with Gasteiger partial charge in [0.15, 0.2) is 10.6 Å². The van der Waals surface area contributed by atoms with Gasteiger partial charge in [-0.05, 0) is 30.8 Å². The first-order chi connectivity index (χ1) is 8.73. The molecule has 0 fully saturated rings. The van der Waals surface area contributed by atoms with Crippen molar-refractivity contribution < 1.29 is 8.78 Å². The molecule has 0 atom stereocenters. The van der Waals surface area contributed by atoms with Gasteiger partial charge in [-0.1, -0.05) is 26.8 Å². The highest BCUT2D eigenvalue weighted by molar-refractivity contribution is 7.71. The van der Waals surface area contributed by atoms with Gasteiger partial charge in [0.25, 0.3) is 0 Å². The largest absolute Gasteiger partial charge is 0.337 e. The Hall–Kier alpha value is -1.49. The first-order valence-corrected chi connectivity index (χ1v) is 6.40. The molecular formula is C14H16F2N2S. The van der Waals surface area contributed by atoms with E-state index in [-0.39, 0.29) is 15.9 Å². The molecule has 2 nitrogen and oxygen atoms in total. The summed E-state index contributed by atoms with van der Waals surface area (Å²) in [5.41, 5.74) is 0.729. The Balaban J connectivity index is 2.84. The fraction of sp³-hybridized carbons (Fsp3) is 0.357. The lowest BCUT2D eigenvalue weighted by molar-refractivity contribution is 0.526. The SMILES string of the molecule is Cc1ccc(F)c(-n2c(C(C)(C)C)c[nH]c2=S)c1F. The van der Waals surface area contributed by atoms with Gasteiger partial charge in [-0.3, -0.25) is 4.57 Å². The molecule has 0 radical (unpaired) electrons. The number of aromatic nitrogens is 2. The van der Waals surface area contributed by atoms with E-state index in [0.29, 0.717) is 5.56 Å². The molecule has 0 aliphatic carbocycles. The number of halogens is 2. The lowest BCUT2D eigenvalue weighted by Crippen LogP contribution is -2.18. The van der Waals surface area contributed by atoms with Gasteiger partial charge in [-0.25, -0.2) is 8.78 Å². The zero-order valence-corrected chi connectivity index (χ0v) is 12.2. The second kappa shape index (κ2) is 4.56. The molecular weight excluding hydrogens is 266 g/mol. The molecule has 0 bridgehead atoms. The van der Waals surface area contributed by atoms with Gasteiger partial charge in [0, 0.05) is 17.3 Å². The van der Waals surface area contributed by atoms with E-state index in [2.05, 4.69) is 4.98 Å². The summed E-state index contributed by atoms with van der Waals surface area (Å²) in [6.45, 7) is 7.50. The Labute approximate surface area is 116 Å². The minimum absolute atomic E-state index is 0.115. The molecule has 0 amide bonds. The lowest BCUT2D eigenvalue weighted by atomic mass is 9.92. The smallest absolute Gasteiger partial charge is 0.182 e. The molecule has 0 spiro atoms. The number of imidazole rings is 1. The van der Waals surface area contributed by atoms with Gasteiger partial charge >= 0.3 is 0 Å². The molecule has 0 aliphatic rings. The summed E-state index contributed by atoms with van der Waals surface area (Å²) < 4.78 is 30.0. The lowest BCUT2D eigenvalue weighted by Gasteiger charge is -2.21. The number of nitrogens with one attached hydrogen (secondary N) is 1. The van der Waals surface area contributed by atoms with Gasteiger partial charge in [0.2, 0.25) is 0 Å². The normalized spacial score (nSPS) is 11.9. The quantitative estimate of drug-likeness (QED) is 0.768. The van der Waals surface area contributed by atoms with Crippen LogP contribution in [-0.4, -0.2) is 9.55 Å². The van der Waals surface area contributed by atoms with E-state index in [1.165, 1.54) is 16.7 Å². The summed E-state index contributed by atoms with van der Waals surface area (Å²) >= 11 is 5.16. The van der Waals surface area contributed by atoms with Crippen LogP contribution in [0.25, 0.3) is 5.69 Å². The zero-order chi connectivity index (χ0) is 14.4. The number of aromatic amines is 1. The molecule has 2 rings (SSSR count). The van der Waals surface area contributed by atoms with Gasteiger partial charge < -0.3 is 4.98 Å². The van der Waals surface area contributed by atoms with Crippen molar-refractivity contribution in [2.75, 3.05) is 0 Å². The highest BCUT2D eigenvalue weighted by atomic mass is 32.1. The minimum atomic E-state index is -0.621. The zero-order valence-electron chi connectivity index (χ0n) is 11.3. The molecule has 19 heavy (non-hydrogen) atoms. The van der Waals surface area contributed by atoms with Crippen LogP contribution >= 0.6 is 12.2 Å². The van der Waals surface area contributed by atoms with Crippen molar-refractivity contribution in [3.8, 4) is 5.69 Å². The summed E-state index contributed by atoms with van der Waals surface area (Å²) in [5.74, 6) is -1.20. The first-order valence-electron chi connectivity index (χ1n) is 5.99. The van der Waals surface area contributed by atoms with Gasteiger partial charge in [0.1, 0.15) is 11.5 Å². The van der Waals surface area contributed by atoms with Crippen molar-refractivity contribution in [2.24, 2.45) is 0 Å². The third-order valence-corrected chi connectivity index (χ3v) is 3.33. The number of benzene rings is 1. The van der Waals surface area contributed by atoms with Crippen LogP contribution in [0.1, 0.15) is 32.0 Å². The standard InChI is InChI=1S/C14H16F2N2S/c1-8-5-6-9(15)12(11(8)16)18-10(14(2,3)4)7-17-13(18)19/h5-7H,1-4H3,(H,17,19). The van der Waals surface area contributed by atoms with Crippen LogP contribution in [0.2, 0.25) is 0 Å². The number of aryl methyl sites for hydroxylation is 1.